The van der Waals surface area contributed by atoms with Gasteiger partial charge in [-0.05, 0) is 67.4 Å². The number of carbonyl (C=O) groups is 1. The zero-order chi connectivity index (χ0) is 25.8. The van der Waals surface area contributed by atoms with Gasteiger partial charge in [0.15, 0.2) is 0 Å². The van der Waals surface area contributed by atoms with Crippen LogP contribution in [0.3, 0.4) is 0 Å². The van der Waals surface area contributed by atoms with Crippen LogP contribution >= 0.6 is 0 Å². The first kappa shape index (κ1) is 26.0. The standard InChI is InChI=1S/C24H27N3O6S2/c1-17-8-9-18(2)23(14-17)26-35(31,32)22-12-10-19(11-13-22)25-24(28)16-27(34(4,29)30)20-6-5-7-21(15-20)33-3/h5-15,26H,16H2,1-4H3,(H,25,28). The molecule has 186 valence electrons. The molecule has 3 rings (SSSR count). The molecule has 0 heterocycles. The van der Waals surface area contributed by atoms with Crippen molar-refractivity contribution in [1.82, 2.24) is 0 Å². The van der Waals surface area contributed by atoms with E-state index in [2.05, 4.69) is 10.0 Å². The van der Waals surface area contributed by atoms with Gasteiger partial charge in [-0.15, -0.1) is 0 Å². The number of aryl methyl sites for hydroxylation is 2. The summed E-state index contributed by atoms with van der Waals surface area (Å²) in [5, 5.41) is 2.60. The van der Waals surface area contributed by atoms with Gasteiger partial charge in [-0.1, -0.05) is 18.2 Å². The van der Waals surface area contributed by atoms with E-state index in [1.54, 1.807) is 31.2 Å². The van der Waals surface area contributed by atoms with Crippen molar-refractivity contribution in [3.63, 3.8) is 0 Å². The first-order chi connectivity index (χ1) is 16.4. The van der Waals surface area contributed by atoms with Crippen LogP contribution in [0.25, 0.3) is 0 Å². The van der Waals surface area contributed by atoms with Gasteiger partial charge in [0.25, 0.3) is 10.0 Å². The van der Waals surface area contributed by atoms with E-state index in [-0.39, 0.29) is 10.6 Å². The third-order valence-corrected chi connectivity index (χ3v) is 7.64. The van der Waals surface area contributed by atoms with Crippen LogP contribution in [0.1, 0.15) is 11.1 Å². The van der Waals surface area contributed by atoms with Crippen LogP contribution in [0.5, 0.6) is 5.75 Å². The highest BCUT2D eigenvalue weighted by molar-refractivity contribution is 7.92. The van der Waals surface area contributed by atoms with Crippen molar-refractivity contribution in [2.24, 2.45) is 0 Å². The van der Waals surface area contributed by atoms with E-state index < -0.39 is 32.5 Å². The molecule has 0 radical (unpaired) electrons. The third-order valence-electron chi connectivity index (χ3n) is 5.11. The summed E-state index contributed by atoms with van der Waals surface area (Å²) in [6, 6.07) is 17.4. The van der Waals surface area contributed by atoms with Gasteiger partial charge in [0, 0.05) is 11.8 Å². The zero-order valence-corrected chi connectivity index (χ0v) is 21.4. The maximum absolute atomic E-state index is 12.8. The van der Waals surface area contributed by atoms with Gasteiger partial charge in [0.1, 0.15) is 12.3 Å². The number of methoxy groups -OCH3 is 1. The number of nitrogens with zero attached hydrogens (tertiary/aromatic N) is 1. The fraction of sp³-hybridized carbons (Fsp3) is 0.208. The molecule has 11 heteroatoms. The normalized spacial score (nSPS) is 11.5. The van der Waals surface area contributed by atoms with E-state index in [1.807, 2.05) is 19.1 Å². The predicted octanol–water partition coefficient (Wildman–Crippen LogP) is 3.52. The van der Waals surface area contributed by atoms with E-state index in [0.29, 0.717) is 17.1 Å². The second-order valence-electron chi connectivity index (χ2n) is 7.97. The van der Waals surface area contributed by atoms with Crippen LogP contribution in [-0.2, 0) is 24.8 Å². The van der Waals surface area contributed by atoms with Gasteiger partial charge in [-0.3, -0.25) is 13.8 Å². The summed E-state index contributed by atoms with van der Waals surface area (Å²) in [6.45, 7) is 3.20. The van der Waals surface area contributed by atoms with Crippen LogP contribution in [0.2, 0.25) is 0 Å². The number of rotatable bonds is 9. The number of benzene rings is 3. The van der Waals surface area contributed by atoms with Crippen LogP contribution < -0.4 is 19.1 Å². The lowest BCUT2D eigenvalue weighted by Crippen LogP contribution is -2.37. The molecule has 35 heavy (non-hydrogen) atoms. The molecule has 3 aromatic carbocycles. The fourth-order valence-electron chi connectivity index (χ4n) is 3.26. The lowest BCUT2D eigenvalue weighted by atomic mass is 10.1. The van der Waals surface area contributed by atoms with Crippen LogP contribution in [0, 0.1) is 13.8 Å². The number of sulfonamides is 2. The summed E-state index contributed by atoms with van der Waals surface area (Å²) in [6.07, 6.45) is 1.00. The molecular weight excluding hydrogens is 490 g/mol. The molecule has 2 N–H and O–H groups in total. The Kier molecular flexibility index (Phi) is 7.71. The molecule has 9 nitrogen and oxygen atoms in total. The minimum absolute atomic E-state index is 0.0190. The lowest BCUT2D eigenvalue weighted by molar-refractivity contribution is -0.114. The number of nitrogens with one attached hydrogen (secondary N) is 2. The molecule has 3 aromatic rings. The Labute approximate surface area is 205 Å². The number of ether oxygens (including phenoxy) is 1. The second-order valence-corrected chi connectivity index (χ2v) is 11.6. The molecule has 0 atom stereocenters. The monoisotopic (exact) mass is 517 g/mol. The Morgan fingerprint density at radius 3 is 2.26 bits per heavy atom. The van der Waals surface area contributed by atoms with Crippen molar-refractivity contribution >= 4 is 43.0 Å². The number of amides is 1. The van der Waals surface area contributed by atoms with Crippen molar-refractivity contribution in [1.29, 1.82) is 0 Å². The number of hydrogen-bond acceptors (Lipinski definition) is 6. The SMILES string of the molecule is COc1cccc(N(CC(=O)Nc2ccc(S(=O)(=O)Nc3cc(C)ccc3C)cc2)S(C)(=O)=O)c1. The fourth-order valence-corrected chi connectivity index (χ4v) is 5.23. The Morgan fingerprint density at radius 1 is 0.943 bits per heavy atom. The molecule has 0 saturated heterocycles. The van der Waals surface area contributed by atoms with Crippen molar-refractivity contribution in [2.45, 2.75) is 18.7 Å². The lowest BCUT2D eigenvalue weighted by Gasteiger charge is -2.22. The second kappa shape index (κ2) is 10.4. The van der Waals surface area contributed by atoms with Gasteiger partial charge in [-0.25, -0.2) is 16.8 Å². The van der Waals surface area contributed by atoms with E-state index in [1.165, 1.54) is 37.4 Å². The van der Waals surface area contributed by atoms with E-state index >= 15 is 0 Å². The smallest absolute Gasteiger partial charge is 0.261 e. The average molecular weight is 518 g/mol. The summed E-state index contributed by atoms with van der Waals surface area (Å²) < 4.78 is 58.8. The zero-order valence-electron chi connectivity index (χ0n) is 19.8. The highest BCUT2D eigenvalue weighted by Crippen LogP contribution is 2.24. The molecule has 0 fully saturated rings. The van der Waals surface area contributed by atoms with Crippen molar-refractivity contribution < 1.29 is 26.4 Å². The quantitative estimate of drug-likeness (QED) is 0.448. The first-order valence-corrected chi connectivity index (χ1v) is 13.8. The molecule has 0 aromatic heterocycles. The third kappa shape index (κ3) is 6.74. The van der Waals surface area contributed by atoms with Crippen LogP contribution in [0.4, 0.5) is 17.1 Å². The van der Waals surface area contributed by atoms with Crippen LogP contribution in [0.15, 0.2) is 71.6 Å². The average Bonchev–Trinajstić information content (AvgIpc) is 2.79. The summed E-state index contributed by atoms with van der Waals surface area (Å²) in [4.78, 5) is 12.6. The van der Waals surface area contributed by atoms with Crippen molar-refractivity contribution in [3.8, 4) is 5.75 Å². The van der Waals surface area contributed by atoms with Gasteiger partial charge in [-0.2, -0.15) is 0 Å². The maximum Gasteiger partial charge on any atom is 0.261 e. The van der Waals surface area contributed by atoms with Gasteiger partial charge in [0.2, 0.25) is 15.9 Å². The van der Waals surface area contributed by atoms with Crippen LogP contribution in [-0.4, -0.2) is 42.7 Å². The maximum atomic E-state index is 12.8. The minimum atomic E-state index is -3.84. The first-order valence-electron chi connectivity index (χ1n) is 10.5. The van der Waals surface area contributed by atoms with E-state index in [0.717, 1.165) is 21.7 Å². The summed E-state index contributed by atoms with van der Waals surface area (Å²) in [5.74, 6) is -0.148. The molecule has 0 bridgehead atoms. The Bertz CT molecular complexity index is 1440. The molecule has 0 aliphatic heterocycles. The Morgan fingerprint density at radius 2 is 1.63 bits per heavy atom. The summed E-state index contributed by atoms with van der Waals surface area (Å²) in [7, 11) is -6.15. The predicted molar refractivity (Wildman–Crippen MR) is 137 cm³/mol. The molecule has 0 spiro atoms. The molecule has 0 unspecified atom stereocenters. The van der Waals surface area contributed by atoms with Crippen molar-refractivity contribution in [3.05, 3.63) is 77.9 Å². The topological polar surface area (TPSA) is 122 Å². The number of anilines is 3. The highest BCUT2D eigenvalue weighted by atomic mass is 32.2. The number of hydrogen-bond donors (Lipinski definition) is 2. The number of carbonyl (C=O) groups excluding carboxylic acids is 1. The Balaban J connectivity index is 1.73. The van der Waals surface area contributed by atoms with E-state index in [9.17, 15) is 21.6 Å². The molecule has 0 aliphatic rings. The summed E-state index contributed by atoms with van der Waals surface area (Å²) >= 11 is 0. The van der Waals surface area contributed by atoms with Gasteiger partial charge >= 0.3 is 0 Å². The van der Waals surface area contributed by atoms with Crippen molar-refractivity contribution in [2.75, 3.05) is 34.3 Å². The minimum Gasteiger partial charge on any atom is -0.497 e. The molecule has 0 aliphatic carbocycles. The molecule has 1 amide bonds. The Hall–Kier alpha value is -3.57. The van der Waals surface area contributed by atoms with E-state index in [4.69, 9.17) is 4.74 Å². The highest BCUT2D eigenvalue weighted by Gasteiger charge is 2.22. The van der Waals surface area contributed by atoms with Gasteiger partial charge in [0.05, 0.1) is 29.6 Å². The largest absolute Gasteiger partial charge is 0.497 e. The summed E-state index contributed by atoms with van der Waals surface area (Å²) in [5.41, 5.74) is 2.79. The van der Waals surface area contributed by atoms with Gasteiger partial charge < -0.3 is 10.1 Å². The molecule has 0 saturated carbocycles. The molecular formula is C24H27N3O6S2.